The molecule has 2 aromatic rings. The molecule has 1 aromatic heterocycles. The minimum Gasteiger partial charge on any atom is -0.351 e. The second-order valence-electron chi connectivity index (χ2n) is 5.90. The summed E-state index contributed by atoms with van der Waals surface area (Å²) in [5.41, 5.74) is 6.87. The lowest BCUT2D eigenvalue weighted by Crippen LogP contribution is -2.32. The molecule has 0 radical (unpaired) electrons. The molecule has 2 rings (SSSR count). The minimum atomic E-state index is -0.678. The van der Waals surface area contributed by atoms with Crippen LogP contribution in [0.15, 0.2) is 36.5 Å². The Kier molecular flexibility index (Phi) is 4.63. The zero-order valence-electron chi connectivity index (χ0n) is 12.6. The number of amides is 2. The molecule has 0 atom stereocenters. The summed E-state index contributed by atoms with van der Waals surface area (Å²) in [6.07, 6.45) is 1.64. The summed E-state index contributed by atoms with van der Waals surface area (Å²) < 4.78 is 0. The Morgan fingerprint density at radius 1 is 1.23 bits per heavy atom. The van der Waals surface area contributed by atoms with Gasteiger partial charge in [0.25, 0.3) is 0 Å². The molecule has 0 fully saturated rings. The van der Waals surface area contributed by atoms with Crippen molar-refractivity contribution < 1.29 is 4.79 Å². The first-order valence-corrected chi connectivity index (χ1v) is 7.47. The highest BCUT2D eigenvalue weighted by Crippen LogP contribution is 2.36. The first-order chi connectivity index (χ1) is 10.2. The van der Waals surface area contributed by atoms with Crippen LogP contribution in [-0.4, -0.2) is 11.0 Å². The van der Waals surface area contributed by atoms with Gasteiger partial charge in [-0.05, 0) is 35.2 Å². The van der Waals surface area contributed by atoms with Gasteiger partial charge in [0.15, 0.2) is 0 Å². The fourth-order valence-corrected chi connectivity index (χ4v) is 2.41. The quantitative estimate of drug-likeness (QED) is 0.846. The van der Waals surface area contributed by atoms with Crippen LogP contribution >= 0.6 is 23.2 Å². The molecular weight excluding hydrogens is 321 g/mol. The molecule has 0 aliphatic rings. The van der Waals surface area contributed by atoms with Gasteiger partial charge >= 0.3 is 6.03 Å². The number of benzene rings is 1. The summed E-state index contributed by atoms with van der Waals surface area (Å²) in [5, 5.41) is 0.600. The van der Waals surface area contributed by atoms with Gasteiger partial charge in [0, 0.05) is 6.20 Å². The van der Waals surface area contributed by atoms with Crippen LogP contribution in [0.25, 0.3) is 0 Å². The van der Waals surface area contributed by atoms with Crippen molar-refractivity contribution in [3.63, 3.8) is 0 Å². The van der Waals surface area contributed by atoms with E-state index in [4.69, 9.17) is 28.9 Å². The number of nitrogens with two attached hydrogens (primary N) is 1. The van der Waals surface area contributed by atoms with E-state index in [0.29, 0.717) is 16.5 Å². The van der Waals surface area contributed by atoms with Crippen LogP contribution in [0.2, 0.25) is 10.0 Å². The maximum absolute atomic E-state index is 11.9. The van der Waals surface area contributed by atoms with Crippen LogP contribution in [0.4, 0.5) is 16.3 Å². The average Bonchev–Trinajstić information content (AvgIpc) is 2.43. The Hall–Kier alpha value is -1.78. The molecule has 1 heterocycles. The van der Waals surface area contributed by atoms with Crippen LogP contribution in [-0.2, 0) is 5.41 Å². The second-order valence-corrected chi connectivity index (χ2v) is 6.68. The third-order valence-electron chi connectivity index (χ3n) is 3.23. The number of nitrogens with zero attached hydrogens (tertiary/aromatic N) is 2. The molecule has 0 unspecified atom stereocenters. The first kappa shape index (κ1) is 16.6. The molecule has 2 amide bonds. The lowest BCUT2D eigenvalue weighted by molar-refractivity contribution is 0.256. The molecule has 0 spiro atoms. The number of hydrogen-bond donors (Lipinski definition) is 1. The Morgan fingerprint density at radius 2 is 1.91 bits per heavy atom. The van der Waals surface area contributed by atoms with Crippen molar-refractivity contribution in [2.24, 2.45) is 5.73 Å². The molecule has 22 heavy (non-hydrogen) atoms. The predicted molar refractivity (Wildman–Crippen MR) is 91.1 cm³/mol. The third kappa shape index (κ3) is 3.34. The largest absolute Gasteiger partial charge is 0.351 e. The highest BCUT2D eigenvalue weighted by atomic mass is 35.5. The van der Waals surface area contributed by atoms with Crippen molar-refractivity contribution >= 4 is 40.7 Å². The van der Waals surface area contributed by atoms with E-state index >= 15 is 0 Å². The third-order valence-corrected chi connectivity index (χ3v) is 4.04. The standard InChI is InChI=1S/C16H17Cl2N3O/c1-16(2,3)10-7-8-20-13(9-10)21(15(19)22)12-6-4-5-11(17)14(12)18/h4-9H,1-3H3,(H2,19,22). The van der Waals surface area contributed by atoms with Crippen molar-refractivity contribution in [2.75, 3.05) is 4.90 Å². The van der Waals surface area contributed by atoms with Crippen molar-refractivity contribution in [2.45, 2.75) is 26.2 Å². The first-order valence-electron chi connectivity index (χ1n) is 6.72. The van der Waals surface area contributed by atoms with Gasteiger partial charge in [-0.3, -0.25) is 0 Å². The van der Waals surface area contributed by atoms with E-state index in [2.05, 4.69) is 25.8 Å². The SMILES string of the molecule is CC(C)(C)c1ccnc(N(C(N)=O)c2cccc(Cl)c2Cl)c1. The van der Waals surface area contributed by atoms with Crippen LogP contribution in [0.3, 0.4) is 0 Å². The van der Waals surface area contributed by atoms with E-state index in [1.54, 1.807) is 24.4 Å². The number of pyridine rings is 1. The molecule has 4 nitrogen and oxygen atoms in total. The Balaban J connectivity index is 2.59. The van der Waals surface area contributed by atoms with E-state index in [9.17, 15) is 4.79 Å². The minimum absolute atomic E-state index is 0.0842. The number of carbonyl (C=O) groups excluding carboxylic acids is 1. The maximum atomic E-state index is 11.9. The number of hydrogen-bond acceptors (Lipinski definition) is 2. The van der Waals surface area contributed by atoms with Crippen LogP contribution in [0, 0.1) is 0 Å². The van der Waals surface area contributed by atoms with Gasteiger partial charge in [0.2, 0.25) is 0 Å². The molecule has 2 N–H and O–H groups in total. The van der Waals surface area contributed by atoms with Gasteiger partial charge in [-0.15, -0.1) is 0 Å². The van der Waals surface area contributed by atoms with E-state index in [0.717, 1.165) is 5.56 Å². The highest BCUT2D eigenvalue weighted by molar-refractivity contribution is 6.44. The fourth-order valence-electron chi connectivity index (χ4n) is 2.03. The van der Waals surface area contributed by atoms with Gasteiger partial charge in [-0.1, -0.05) is 50.0 Å². The molecule has 0 aliphatic heterocycles. The van der Waals surface area contributed by atoms with E-state index in [1.807, 2.05) is 12.1 Å². The molecule has 0 saturated heterocycles. The number of halogens is 2. The Labute approximate surface area is 139 Å². The van der Waals surface area contributed by atoms with Crippen molar-refractivity contribution in [3.8, 4) is 0 Å². The lowest BCUT2D eigenvalue weighted by Gasteiger charge is -2.24. The highest BCUT2D eigenvalue weighted by Gasteiger charge is 2.22. The predicted octanol–water partition coefficient (Wildman–Crippen LogP) is 4.90. The van der Waals surface area contributed by atoms with Gasteiger partial charge in [0.1, 0.15) is 5.82 Å². The topological polar surface area (TPSA) is 59.2 Å². The maximum Gasteiger partial charge on any atom is 0.325 e. The van der Waals surface area contributed by atoms with Crippen LogP contribution in [0.5, 0.6) is 0 Å². The summed E-state index contributed by atoms with van der Waals surface area (Å²) >= 11 is 12.2. The number of anilines is 2. The smallest absolute Gasteiger partial charge is 0.325 e. The Morgan fingerprint density at radius 3 is 2.50 bits per heavy atom. The van der Waals surface area contributed by atoms with Crippen LogP contribution in [0.1, 0.15) is 26.3 Å². The number of aromatic nitrogens is 1. The van der Waals surface area contributed by atoms with Gasteiger partial charge in [-0.25, -0.2) is 14.7 Å². The van der Waals surface area contributed by atoms with Crippen molar-refractivity contribution in [1.29, 1.82) is 0 Å². The van der Waals surface area contributed by atoms with Crippen molar-refractivity contribution in [3.05, 3.63) is 52.1 Å². The molecule has 116 valence electrons. The normalized spacial score (nSPS) is 11.3. The number of carbonyl (C=O) groups is 1. The summed E-state index contributed by atoms with van der Waals surface area (Å²) in [6, 6.07) is 8.07. The van der Waals surface area contributed by atoms with Crippen molar-refractivity contribution in [1.82, 2.24) is 4.98 Å². The summed E-state index contributed by atoms with van der Waals surface area (Å²) in [7, 11) is 0. The molecule has 0 aliphatic carbocycles. The number of primary amides is 1. The molecule has 0 bridgehead atoms. The van der Waals surface area contributed by atoms with E-state index in [1.165, 1.54) is 4.90 Å². The van der Waals surface area contributed by atoms with Gasteiger partial charge in [-0.2, -0.15) is 0 Å². The molecule has 0 saturated carbocycles. The summed E-state index contributed by atoms with van der Waals surface area (Å²) in [6.45, 7) is 6.23. The van der Waals surface area contributed by atoms with Gasteiger partial charge < -0.3 is 5.73 Å². The second kappa shape index (κ2) is 6.15. The van der Waals surface area contributed by atoms with Crippen LogP contribution < -0.4 is 10.6 Å². The zero-order valence-corrected chi connectivity index (χ0v) is 14.1. The molecule has 6 heteroatoms. The lowest BCUT2D eigenvalue weighted by atomic mass is 9.88. The monoisotopic (exact) mass is 337 g/mol. The summed E-state index contributed by atoms with van der Waals surface area (Å²) in [4.78, 5) is 17.4. The zero-order chi connectivity index (χ0) is 16.5. The van der Waals surface area contributed by atoms with E-state index in [-0.39, 0.29) is 10.4 Å². The Bertz CT molecular complexity index is 711. The van der Waals surface area contributed by atoms with E-state index < -0.39 is 6.03 Å². The van der Waals surface area contributed by atoms with Gasteiger partial charge in [0.05, 0.1) is 15.7 Å². The molecular formula is C16H17Cl2N3O. The number of rotatable bonds is 2. The number of urea groups is 1. The molecule has 1 aromatic carbocycles. The fraction of sp³-hybridized carbons (Fsp3) is 0.250. The summed E-state index contributed by atoms with van der Waals surface area (Å²) in [5.74, 6) is 0.407. The average molecular weight is 338 g/mol.